The Morgan fingerprint density at radius 2 is 2.09 bits per heavy atom. The van der Waals surface area contributed by atoms with Crippen LogP contribution in [0.3, 0.4) is 0 Å². The van der Waals surface area contributed by atoms with Gasteiger partial charge in [0.1, 0.15) is 5.75 Å². The van der Waals surface area contributed by atoms with Crippen molar-refractivity contribution in [2.45, 2.75) is 31.6 Å². The highest BCUT2D eigenvalue weighted by atomic mass is 16.5. The number of benzene rings is 1. The van der Waals surface area contributed by atoms with E-state index in [9.17, 15) is 0 Å². The molecule has 0 amide bonds. The van der Waals surface area contributed by atoms with E-state index in [0.717, 1.165) is 30.1 Å². The molecule has 5 nitrogen and oxygen atoms in total. The smallest absolute Gasteiger partial charge is 0.119 e. The van der Waals surface area contributed by atoms with Crippen molar-refractivity contribution in [3.8, 4) is 11.4 Å². The summed E-state index contributed by atoms with van der Waals surface area (Å²) in [6.07, 6.45) is 6.70. The minimum absolute atomic E-state index is 0.602. The van der Waals surface area contributed by atoms with Crippen LogP contribution in [0.15, 0.2) is 30.5 Å². The van der Waals surface area contributed by atoms with Gasteiger partial charge in [0.25, 0.3) is 0 Å². The third-order valence-corrected chi connectivity index (χ3v) is 4.31. The Labute approximate surface area is 131 Å². The molecule has 0 saturated heterocycles. The van der Waals surface area contributed by atoms with E-state index in [4.69, 9.17) is 10.5 Å². The summed E-state index contributed by atoms with van der Waals surface area (Å²) >= 11 is 0. The van der Waals surface area contributed by atoms with Crippen molar-refractivity contribution in [3.63, 3.8) is 0 Å². The van der Waals surface area contributed by atoms with E-state index in [0.29, 0.717) is 12.5 Å². The third kappa shape index (κ3) is 2.95. The first-order valence-corrected chi connectivity index (χ1v) is 7.99. The van der Waals surface area contributed by atoms with Crippen LogP contribution in [-0.2, 0) is 0 Å². The maximum absolute atomic E-state index is 5.58. The molecule has 1 aromatic heterocycles. The van der Waals surface area contributed by atoms with Crippen LogP contribution in [0.2, 0.25) is 0 Å². The molecular formula is C17H24N4O. The Kier molecular flexibility index (Phi) is 4.63. The van der Waals surface area contributed by atoms with Crippen molar-refractivity contribution >= 4 is 5.69 Å². The van der Waals surface area contributed by atoms with Crippen LogP contribution in [0.25, 0.3) is 5.69 Å². The molecule has 118 valence electrons. The predicted molar refractivity (Wildman–Crippen MR) is 88.9 cm³/mol. The Morgan fingerprint density at radius 3 is 2.68 bits per heavy atom. The van der Waals surface area contributed by atoms with Gasteiger partial charge in [0.15, 0.2) is 0 Å². The highest BCUT2D eigenvalue weighted by molar-refractivity contribution is 5.52. The summed E-state index contributed by atoms with van der Waals surface area (Å²) in [4.78, 5) is 0. The fraction of sp³-hybridized carbons (Fsp3) is 0.471. The number of nitrogens with one attached hydrogen (secondary N) is 1. The molecule has 1 aliphatic rings. The number of nitrogens with zero attached hydrogens (tertiary/aromatic N) is 2. The summed E-state index contributed by atoms with van der Waals surface area (Å²) in [6, 6.07) is 8.06. The maximum atomic E-state index is 5.58. The van der Waals surface area contributed by atoms with Crippen molar-refractivity contribution in [1.29, 1.82) is 0 Å². The molecule has 1 heterocycles. The fourth-order valence-corrected chi connectivity index (χ4v) is 2.82. The molecule has 0 bridgehead atoms. The number of hydrogen-bond acceptors (Lipinski definition) is 4. The SMILES string of the molecule is COc1ccc(-n2ncc(NCCCN)c2C2CCC2)cc1. The van der Waals surface area contributed by atoms with Crippen LogP contribution in [0.1, 0.15) is 37.3 Å². The second kappa shape index (κ2) is 6.83. The molecule has 0 spiro atoms. The van der Waals surface area contributed by atoms with Gasteiger partial charge < -0.3 is 15.8 Å². The standard InChI is InChI=1S/C17H24N4O/c1-22-15-8-6-14(7-9-15)21-17(13-4-2-5-13)16(12-20-21)19-11-3-10-18/h6-9,12-13,19H,2-5,10-11,18H2,1H3. The van der Waals surface area contributed by atoms with Gasteiger partial charge in [0, 0.05) is 12.5 Å². The van der Waals surface area contributed by atoms with Crippen LogP contribution in [0.5, 0.6) is 5.75 Å². The molecule has 0 unspecified atom stereocenters. The first kappa shape index (κ1) is 14.9. The van der Waals surface area contributed by atoms with Gasteiger partial charge in [-0.15, -0.1) is 0 Å². The van der Waals surface area contributed by atoms with Gasteiger partial charge in [0.05, 0.1) is 30.4 Å². The van der Waals surface area contributed by atoms with E-state index in [-0.39, 0.29) is 0 Å². The topological polar surface area (TPSA) is 65.1 Å². The zero-order chi connectivity index (χ0) is 15.4. The quantitative estimate of drug-likeness (QED) is 0.772. The van der Waals surface area contributed by atoms with E-state index in [1.807, 2.05) is 18.3 Å². The van der Waals surface area contributed by atoms with Crippen molar-refractivity contribution in [1.82, 2.24) is 9.78 Å². The van der Waals surface area contributed by atoms with E-state index < -0.39 is 0 Å². The van der Waals surface area contributed by atoms with Gasteiger partial charge in [-0.2, -0.15) is 5.10 Å². The Hall–Kier alpha value is -2.01. The average Bonchev–Trinajstić information content (AvgIpc) is 2.90. The summed E-state index contributed by atoms with van der Waals surface area (Å²) < 4.78 is 7.30. The molecule has 2 aromatic rings. The highest BCUT2D eigenvalue weighted by Crippen LogP contribution is 2.40. The number of rotatable bonds is 7. The van der Waals surface area contributed by atoms with Crippen LogP contribution in [0.4, 0.5) is 5.69 Å². The van der Waals surface area contributed by atoms with Crippen LogP contribution in [-0.4, -0.2) is 30.0 Å². The van der Waals surface area contributed by atoms with Crippen molar-refractivity contribution in [3.05, 3.63) is 36.2 Å². The summed E-state index contributed by atoms with van der Waals surface area (Å²) in [5.41, 5.74) is 9.10. The largest absolute Gasteiger partial charge is 0.497 e. The minimum atomic E-state index is 0.602. The number of aromatic nitrogens is 2. The summed E-state index contributed by atoms with van der Waals surface area (Å²) in [6.45, 7) is 1.60. The van der Waals surface area contributed by atoms with Crippen LogP contribution >= 0.6 is 0 Å². The molecular weight excluding hydrogens is 276 g/mol. The van der Waals surface area contributed by atoms with E-state index in [1.165, 1.54) is 25.0 Å². The molecule has 5 heteroatoms. The summed E-state index contributed by atoms with van der Waals surface area (Å²) in [7, 11) is 1.68. The normalized spacial score (nSPS) is 14.6. The van der Waals surface area contributed by atoms with Crippen molar-refractivity contribution in [2.75, 3.05) is 25.5 Å². The fourth-order valence-electron chi connectivity index (χ4n) is 2.82. The van der Waals surface area contributed by atoms with E-state index >= 15 is 0 Å². The van der Waals surface area contributed by atoms with Crippen molar-refractivity contribution in [2.24, 2.45) is 5.73 Å². The lowest BCUT2D eigenvalue weighted by atomic mass is 9.82. The van der Waals surface area contributed by atoms with E-state index in [1.54, 1.807) is 7.11 Å². The number of hydrogen-bond donors (Lipinski definition) is 2. The van der Waals surface area contributed by atoms with Gasteiger partial charge in [-0.1, -0.05) is 6.42 Å². The average molecular weight is 300 g/mol. The Balaban J connectivity index is 1.88. The van der Waals surface area contributed by atoms with E-state index in [2.05, 4.69) is 27.2 Å². The maximum Gasteiger partial charge on any atom is 0.119 e. The number of ether oxygens (including phenoxy) is 1. The van der Waals surface area contributed by atoms with Crippen LogP contribution in [0, 0.1) is 0 Å². The summed E-state index contributed by atoms with van der Waals surface area (Å²) in [5, 5.41) is 8.09. The number of anilines is 1. The molecule has 1 saturated carbocycles. The minimum Gasteiger partial charge on any atom is -0.497 e. The van der Waals surface area contributed by atoms with Gasteiger partial charge in [-0.05, 0) is 50.1 Å². The molecule has 22 heavy (non-hydrogen) atoms. The number of methoxy groups -OCH3 is 1. The van der Waals surface area contributed by atoms with Crippen LogP contribution < -0.4 is 15.8 Å². The second-order valence-electron chi connectivity index (χ2n) is 5.75. The Bertz CT molecular complexity index is 602. The van der Waals surface area contributed by atoms with Gasteiger partial charge in [0.2, 0.25) is 0 Å². The lowest BCUT2D eigenvalue weighted by molar-refractivity contribution is 0.403. The van der Waals surface area contributed by atoms with Crippen molar-refractivity contribution < 1.29 is 4.74 Å². The van der Waals surface area contributed by atoms with Gasteiger partial charge >= 0.3 is 0 Å². The molecule has 0 atom stereocenters. The molecule has 1 aromatic carbocycles. The molecule has 0 radical (unpaired) electrons. The molecule has 3 rings (SSSR count). The first-order chi connectivity index (χ1) is 10.8. The molecule has 1 aliphatic carbocycles. The highest BCUT2D eigenvalue weighted by Gasteiger charge is 2.27. The first-order valence-electron chi connectivity index (χ1n) is 7.99. The Morgan fingerprint density at radius 1 is 1.32 bits per heavy atom. The zero-order valence-corrected chi connectivity index (χ0v) is 13.1. The second-order valence-corrected chi connectivity index (χ2v) is 5.75. The van der Waals surface area contributed by atoms with Gasteiger partial charge in [-0.25, -0.2) is 4.68 Å². The van der Waals surface area contributed by atoms with Gasteiger partial charge in [-0.3, -0.25) is 0 Å². The number of nitrogens with two attached hydrogens (primary N) is 1. The molecule has 3 N–H and O–H groups in total. The molecule has 1 fully saturated rings. The lowest BCUT2D eigenvalue weighted by Gasteiger charge is -2.27. The summed E-state index contributed by atoms with van der Waals surface area (Å²) in [5.74, 6) is 1.47. The third-order valence-electron chi connectivity index (χ3n) is 4.31. The zero-order valence-electron chi connectivity index (χ0n) is 13.1. The lowest BCUT2D eigenvalue weighted by Crippen LogP contribution is -2.17. The molecule has 0 aliphatic heterocycles. The monoisotopic (exact) mass is 300 g/mol. The predicted octanol–water partition coefficient (Wildman–Crippen LogP) is 2.91.